The van der Waals surface area contributed by atoms with Crippen molar-refractivity contribution in [2.24, 2.45) is 0 Å². The van der Waals surface area contributed by atoms with Gasteiger partial charge in [-0.05, 0) is 38.1 Å². The number of nitrogens with one attached hydrogen (secondary N) is 1. The van der Waals surface area contributed by atoms with Crippen molar-refractivity contribution in [1.82, 2.24) is 0 Å². The molecule has 0 fully saturated rings. The number of amides is 1. The maximum absolute atomic E-state index is 12.4. The highest BCUT2D eigenvalue weighted by atomic mass is 16.5. The van der Waals surface area contributed by atoms with E-state index in [4.69, 9.17) is 18.9 Å². The van der Waals surface area contributed by atoms with Crippen LogP contribution in [0.25, 0.3) is 0 Å². The molecule has 0 saturated carbocycles. The third kappa shape index (κ3) is 5.97. The highest BCUT2D eigenvalue weighted by Gasteiger charge is 2.17. The van der Waals surface area contributed by atoms with Crippen LogP contribution in [-0.4, -0.2) is 38.9 Å². The van der Waals surface area contributed by atoms with E-state index in [9.17, 15) is 4.79 Å². The lowest BCUT2D eigenvalue weighted by Gasteiger charge is -2.17. The summed E-state index contributed by atoms with van der Waals surface area (Å²) < 4.78 is 21.8. The van der Waals surface area contributed by atoms with E-state index in [-0.39, 0.29) is 5.91 Å². The van der Waals surface area contributed by atoms with Crippen molar-refractivity contribution >= 4 is 11.6 Å². The molecule has 0 radical (unpaired) electrons. The van der Waals surface area contributed by atoms with Gasteiger partial charge in [-0.25, -0.2) is 0 Å². The number of anilines is 1. The molecule has 2 aromatic rings. The lowest BCUT2D eigenvalue weighted by molar-refractivity contribution is -0.122. The summed E-state index contributed by atoms with van der Waals surface area (Å²) >= 11 is 0. The van der Waals surface area contributed by atoms with Crippen molar-refractivity contribution in [3.63, 3.8) is 0 Å². The molecule has 0 aliphatic carbocycles. The average Bonchev–Trinajstić information content (AvgIpc) is 2.66. The molecule has 140 valence electrons. The van der Waals surface area contributed by atoms with Crippen LogP contribution in [0.5, 0.6) is 17.2 Å². The van der Waals surface area contributed by atoms with E-state index in [1.165, 1.54) is 0 Å². The Bertz CT molecular complexity index is 704. The molecule has 1 atom stereocenters. The van der Waals surface area contributed by atoms with Gasteiger partial charge in [-0.3, -0.25) is 4.79 Å². The zero-order valence-corrected chi connectivity index (χ0v) is 15.4. The SMILES string of the molecule is CCOCCOc1cccc(NC(=O)C(C)Oc2ccccc2OC)c1. The third-order valence-electron chi connectivity index (χ3n) is 3.54. The Morgan fingerprint density at radius 1 is 1.08 bits per heavy atom. The number of para-hydroxylation sites is 2. The summed E-state index contributed by atoms with van der Waals surface area (Å²) in [7, 11) is 1.56. The maximum Gasteiger partial charge on any atom is 0.265 e. The van der Waals surface area contributed by atoms with Gasteiger partial charge in [0.15, 0.2) is 17.6 Å². The molecule has 0 bridgehead atoms. The minimum absolute atomic E-state index is 0.262. The Morgan fingerprint density at radius 3 is 2.58 bits per heavy atom. The summed E-state index contributed by atoms with van der Waals surface area (Å²) in [6.45, 7) is 5.26. The number of hydrogen-bond acceptors (Lipinski definition) is 5. The molecule has 2 aromatic carbocycles. The van der Waals surface area contributed by atoms with E-state index in [2.05, 4.69) is 5.32 Å². The lowest BCUT2D eigenvalue weighted by atomic mass is 10.2. The molecular weight excluding hydrogens is 334 g/mol. The second-order valence-electron chi connectivity index (χ2n) is 5.47. The van der Waals surface area contributed by atoms with Crippen LogP contribution in [0.1, 0.15) is 13.8 Å². The van der Waals surface area contributed by atoms with Crippen molar-refractivity contribution in [3.8, 4) is 17.2 Å². The molecule has 0 heterocycles. The molecule has 0 aliphatic heterocycles. The summed E-state index contributed by atoms with van der Waals surface area (Å²) in [6, 6.07) is 14.4. The first-order valence-electron chi connectivity index (χ1n) is 8.55. The zero-order valence-electron chi connectivity index (χ0n) is 15.4. The standard InChI is InChI=1S/C20H25NO5/c1-4-24-12-13-25-17-9-7-8-16(14-17)21-20(22)15(2)26-19-11-6-5-10-18(19)23-3/h5-11,14-15H,4,12-13H2,1-3H3,(H,21,22). The van der Waals surface area contributed by atoms with Gasteiger partial charge in [0.2, 0.25) is 0 Å². The molecule has 0 saturated heterocycles. The first kappa shape index (κ1) is 19.6. The number of hydrogen-bond donors (Lipinski definition) is 1. The molecule has 1 N–H and O–H groups in total. The predicted molar refractivity (Wildman–Crippen MR) is 100 cm³/mol. The molecule has 0 aliphatic rings. The fraction of sp³-hybridized carbons (Fsp3) is 0.350. The first-order valence-corrected chi connectivity index (χ1v) is 8.55. The molecule has 6 heteroatoms. The van der Waals surface area contributed by atoms with Gasteiger partial charge >= 0.3 is 0 Å². The van der Waals surface area contributed by atoms with Gasteiger partial charge in [0, 0.05) is 18.4 Å². The molecule has 26 heavy (non-hydrogen) atoms. The van der Waals surface area contributed by atoms with Gasteiger partial charge in [-0.2, -0.15) is 0 Å². The molecule has 0 aromatic heterocycles. The Labute approximate surface area is 154 Å². The van der Waals surface area contributed by atoms with Gasteiger partial charge in [0.1, 0.15) is 12.4 Å². The Kier molecular flexibility index (Phi) is 7.76. The van der Waals surface area contributed by atoms with Crippen LogP contribution >= 0.6 is 0 Å². The monoisotopic (exact) mass is 359 g/mol. The highest BCUT2D eigenvalue weighted by molar-refractivity contribution is 5.94. The number of carbonyl (C=O) groups excluding carboxylic acids is 1. The zero-order chi connectivity index (χ0) is 18.8. The lowest BCUT2D eigenvalue weighted by Crippen LogP contribution is -2.30. The second kappa shape index (κ2) is 10.3. The summed E-state index contributed by atoms with van der Waals surface area (Å²) in [5, 5.41) is 2.83. The topological polar surface area (TPSA) is 66.0 Å². The van der Waals surface area contributed by atoms with E-state index >= 15 is 0 Å². The molecule has 1 amide bonds. The number of methoxy groups -OCH3 is 1. The van der Waals surface area contributed by atoms with Gasteiger partial charge in [-0.15, -0.1) is 0 Å². The molecular formula is C20H25NO5. The van der Waals surface area contributed by atoms with Gasteiger partial charge < -0.3 is 24.3 Å². The van der Waals surface area contributed by atoms with Crippen molar-refractivity contribution < 1.29 is 23.7 Å². The van der Waals surface area contributed by atoms with E-state index in [0.717, 1.165) is 0 Å². The van der Waals surface area contributed by atoms with E-state index < -0.39 is 6.10 Å². The summed E-state index contributed by atoms with van der Waals surface area (Å²) in [5.74, 6) is 1.51. The minimum atomic E-state index is -0.686. The fourth-order valence-electron chi connectivity index (χ4n) is 2.23. The predicted octanol–water partition coefficient (Wildman–Crippen LogP) is 3.52. The number of benzene rings is 2. The first-order chi connectivity index (χ1) is 12.6. The summed E-state index contributed by atoms with van der Waals surface area (Å²) in [5.41, 5.74) is 0.638. The number of rotatable bonds is 10. The second-order valence-corrected chi connectivity index (χ2v) is 5.47. The van der Waals surface area contributed by atoms with Crippen LogP contribution < -0.4 is 19.5 Å². The summed E-state index contributed by atoms with van der Waals surface area (Å²) in [4.78, 5) is 12.4. The van der Waals surface area contributed by atoms with Crippen molar-refractivity contribution in [3.05, 3.63) is 48.5 Å². The van der Waals surface area contributed by atoms with E-state index in [1.807, 2.05) is 31.2 Å². The van der Waals surface area contributed by atoms with Gasteiger partial charge in [0.05, 0.1) is 13.7 Å². The average molecular weight is 359 g/mol. The van der Waals surface area contributed by atoms with Crippen LogP contribution in [0.3, 0.4) is 0 Å². The Hall–Kier alpha value is -2.73. The third-order valence-corrected chi connectivity index (χ3v) is 3.54. The molecule has 0 spiro atoms. The van der Waals surface area contributed by atoms with E-state index in [1.54, 1.807) is 38.3 Å². The van der Waals surface area contributed by atoms with Crippen molar-refractivity contribution in [2.45, 2.75) is 20.0 Å². The quantitative estimate of drug-likeness (QED) is 0.658. The molecule has 6 nitrogen and oxygen atoms in total. The Balaban J connectivity index is 1.92. The highest BCUT2D eigenvalue weighted by Crippen LogP contribution is 2.27. The molecule has 1 unspecified atom stereocenters. The molecule has 2 rings (SSSR count). The smallest absolute Gasteiger partial charge is 0.265 e. The summed E-state index contributed by atoms with van der Waals surface area (Å²) in [6.07, 6.45) is -0.686. The van der Waals surface area contributed by atoms with E-state index in [0.29, 0.717) is 42.8 Å². The minimum Gasteiger partial charge on any atom is -0.493 e. The van der Waals surface area contributed by atoms with Crippen LogP contribution in [0, 0.1) is 0 Å². The van der Waals surface area contributed by atoms with Crippen molar-refractivity contribution in [2.75, 3.05) is 32.2 Å². The fourth-order valence-corrected chi connectivity index (χ4v) is 2.23. The van der Waals surface area contributed by atoms with Crippen LogP contribution in [0.4, 0.5) is 5.69 Å². The van der Waals surface area contributed by atoms with Gasteiger partial charge in [0.25, 0.3) is 5.91 Å². The maximum atomic E-state index is 12.4. The number of carbonyl (C=O) groups is 1. The van der Waals surface area contributed by atoms with Crippen LogP contribution in [-0.2, 0) is 9.53 Å². The largest absolute Gasteiger partial charge is 0.493 e. The number of ether oxygens (including phenoxy) is 4. The van der Waals surface area contributed by atoms with Gasteiger partial charge in [-0.1, -0.05) is 18.2 Å². The van der Waals surface area contributed by atoms with Crippen LogP contribution in [0.2, 0.25) is 0 Å². The van der Waals surface area contributed by atoms with Crippen molar-refractivity contribution in [1.29, 1.82) is 0 Å². The normalized spacial score (nSPS) is 11.5. The van der Waals surface area contributed by atoms with Crippen LogP contribution in [0.15, 0.2) is 48.5 Å². The Morgan fingerprint density at radius 2 is 1.85 bits per heavy atom.